The minimum atomic E-state index is -0.595. The topological polar surface area (TPSA) is 61.8 Å². The molecule has 0 aliphatic heterocycles. The largest absolute Gasteiger partial charge is 0.462 e. The highest BCUT2D eigenvalue weighted by Crippen LogP contribution is 2.12. The number of ether oxygens (including phenoxy) is 3. The first-order valence-corrected chi connectivity index (χ1v) is 28.0. The molecule has 0 heterocycles. The summed E-state index contributed by atoms with van der Waals surface area (Å²) in [4.78, 5) is 25.5. The summed E-state index contributed by atoms with van der Waals surface area (Å²) in [5, 5.41) is 0. The maximum absolute atomic E-state index is 12.9. The van der Waals surface area contributed by atoms with E-state index >= 15 is 0 Å². The lowest BCUT2D eigenvalue weighted by Crippen LogP contribution is -2.30. The quantitative estimate of drug-likeness (QED) is 0.0345. The monoisotopic (exact) mass is 963 g/mol. The first kappa shape index (κ1) is 65.5. The lowest BCUT2D eigenvalue weighted by atomic mass is 10.1. The Morgan fingerprint density at radius 1 is 0.314 bits per heavy atom. The highest BCUT2D eigenvalue weighted by Gasteiger charge is 2.17. The number of hydrogen-bond donors (Lipinski definition) is 0. The number of hydrogen-bond acceptors (Lipinski definition) is 5. The summed E-state index contributed by atoms with van der Waals surface area (Å²) >= 11 is 0. The summed E-state index contributed by atoms with van der Waals surface area (Å²) in [6.07, 6.45) is 87.0. The van der Waals surface area contributed by atoms with Crippen molar-refractivity contribution in [2.45, 2.75) is 219 Å². The van der Waals surface area contributed by atoms with Crippen LogP contribution in [0.4, 0.5) is 0 Å². The Morgan fingerprint density at radius 3 is 1.01 bits per heavy atom. The molecular formula is C65H102O5. The van der Waals surface area contributed by atoms with E-state index in [1.165, 1.54) is 44.9 Å². The van der Waals surface area contributed by atoms with E-state index in [0.29, 0.717) is 19.4 Å². The van der Waals surface area contributed by atoms with Gasteiger partial charge in [-0.15, -0.1) is 0 Å². The van der Waals surface area contributed by atoms with E-state index < -0.39 is 6.10 Å². The van der Waals surface area contributed by atoms with Gasteiger partial charge in [0.2, 0.25) is 0 Å². The maximum atomic E-state index is 12.9. The fraction of sp³-hybridized carbons (Fsp3) is 0.569. The van der Waals surface area contributed by atoms with Gasteiger partial charge in [-0.25, -0.2) is 0 Å². The summed E-state index contributed by atoms with van der Waals surface area (Å²) in [6.45, 7) is 7.35. The molecule has 0 N–H and O–H groups in total. The van der Waals surface area contributed by atoms with Gasteiger partial charge in [0.15, 0.2) is 6.10 Å². The van der Waals surface area contributed by atoms with Crippen LogP contribution in [0, 0.1) is 0 Å². The second-order valence-corrected chi connectivity index (χ2v) is 17.7. The van der Waals surface area contributed by atoms with E-state index in [9.17, 15) is 9.59 Å². The molecule has 0 radical (unpaired) electrons. The van der Waals surface area contributed by atoms with Crippen LogP contribution in [0.1, 0.15) is 213 Å². The van der Waals surface area contributed by atoms with Gasteiger partial charge in [-0.2, -0.15) is 0 Å². The van der Waals surface area contributed by atoms with E-state index in [1.807, 2.05) is 6.08 Å². The Bertz CT molecular complexity index is 1560. The zero-order valence-electron chi connectivity index (χ0n) is 45.0. The van der Waals surface area contributed by atoms with Gasteiger partial charge in [0.05, 0.1) is 6.61 Å². The van der Waals surface area contributed by atoms with Crippen LogP contribution in [0.3, 0.4) is 0 Å². The second kappa shape index (κ2) is 58.8. The summed E-state index contributed by atoms with van der Waals surface area (Å²) in [5.41, 5.74) is 0. The van der Waals surface area contributed by atoms with E-state index in [0.717, 1.165) is 128 Å². The summed E-state index contributed by atoms with van der Waals surface area (Å²) in [5.74, 6) is -0.529. The smallest absolute Gasteiger partial charge is 0.306 e. The Hall–Kier alpha value is -4.48. The molecule has 0 aliphatic carbocycles. The molecule has 0 bridgehead atoms. The number of esters is 2. The van der Waals surface area contributed by atoms with Crippen LogP contribution in [0.25, 0.3) is 0 Å². The fourth-order valence-electron chi connectivity index (χ4n) is 7.01. The third-order valence-electron chi connectivity index (χ3n) is 11.1. The van der Waals surface area contributed by atoms with E-state index in [1.54, 1.807) is 0 Å². The number of carbonyl (C=O) groups is 2. The number of rotatable bonds is 49. The van der Waals surface area contributed by atoms with Crippen molar-refractivity contribution >= 4 is 11.9 Å². The lowest BCUT2D eigenvalue weighted by molar-refractivity contribution is -0.162. The van der Waals surface area contributed by atoms with Crippen molar-refractivity contribution in [1.82, 2.24) is 0 Å². The van der Waals surface area contributed by atoms with Crippen molar-refractivity contribution in [3.8, 4) is 0 Å². The van der Waals surface area contributed by atoms with Crippen molar-refractivity contribution < 1.29 is 23.8 Å². The van der Waals surface area contributed by atoms with E-state index in [4.69, 9.17) is 14.2 Å². The molecule has 0 aromatic carbocycles. The molecule has 0 saturated heterocycles. The van der Waals surface area contributed by atoms with Crippen LogP contribution >= 0.6 is 0 Å². The predicted molar refractivity (Wildman–Crippen MR) is 306 cm³/mol. The molecule has 70 heavy (non-hydrogen) atoms. The van der Waals surface area contributed by atoms with Crippen molar-refractivity contribution in [1.29, 1.82) is 0 Å². The number of carbonyl (C=O) groups excluding carboxylic acids is 2. The summed E-state index contributed by atoms with van der Waals surface area (Å²) in [6, 6.07) is 0. The molecule has 5 nitrogen and oxygen atoms in total. The average molecular weight is 964 g/mol. The lowest BCUT2D eigenvalue weighted by Gasteiger charge is -2.18. The normalized spacial score (nSPS) is 13.5. The molecule has 0 fully saturated rings. The molecule has 0 spiro atoms. The molecule has 0 amide bonds. The Morgan fingerprint density at radius 2 is 0.629 bits per heavy atom. The SMILES string of the molecule is CC/C=C\C/C=C\C/C=C\C/C=C\C/C=C\C/C=C\CCC(=O)OCC(COCCCCCCCC/C=C\C/C=C\C/C=C\CC)OC(=O)CCCCCCCC/C=C\C/C=C\C/C=C\C/C=C\CC. The molecule has 0 aromatic heterocycles. The summed E-state index contributed by atoms with van der Waals surface area (Å²) < 4.78 is 17.4. The van der Waals surface area contributed by atoms with Crippen LogP contribution in [-0.2, 0) is 23.8 Å². The van der Waals surface area contributed by atoms with E-state index in [2.05, 4.69) is 173 Å². The van der Waals surface area contributed by atoms with Crippen molar-refractivity contribution in [3.05, 3.63) is 158 Å². The first-order valence-electron chi connectivity index (χ1n) is 28.0. The van der Waals surface area contributed by atoms with Crippen LogP contribution < -0.4 is 0 Å². The van der Waals surface area contributed by atoms with Gasteiger partial charge < -0.3 is 14.2 Å². The standard InChI is InChI=1S/C65H102O5/c1-4-7-10-13-16-19-22-25-28-31-33-35-37-40-43-46-49-52-55-58-64(66)69-62-63(61-68-60-57-54-51-48-45-42-39-30-27-24-21-18-15-12-9-6-3)70-65(67)59-56-53-50-47-44-41-38-36-34-32-29-26-23-20-17-14-11-8-5-2/h7-12,16-21,25-30,33-36,40,43,49,52,63H,4-6,13-15,22-24,31-32,37-39,41-42,44-48,50-51,53-62H2,1-3H3/b10-7-,11-8-,12-9-,19-16-,20-17-,21-18-,28-25-,29-26-,30-27-,35-33-,36-34-,43-40-,52-49-. The Balaban J connectivity index is 4.48. The second-order valence-electron chi connectivity index (χ2n) is 17.7. The highest BCUT2D eigenvalue weighted by molar-refractivity contribution is 5.70. The third kappa shape index (κ3) is 56.1. The Labute approximate surface area is 431 Å². The minimum Gasteiger partial charge on any atom is -0.462 e. The molecule has 0 aromatic rings. The van der Waals surface area contributed by atoms with Crippen LogP contribution in [-0.4, -0.2) is 37.9 Å². The van der Waals surface area contributed by atoms with E-state index in [-0.39, 0.29) is 31.6 Å². The van der Waals surface area contributed by atoms with Gasteiger partial charge in [-0.05, 0) is 128 Å². The molecule has 0 saturated carbocycles. The van der Waals surface area contributed by atoms with Gasteiger partial charge in [-0.1, -0.05) is 230 Å². The van der Waals surface area contributed by atoms with Gasteiger partial charge in [-0.3, -0.25) is 9.59 Å². The molecule has 1 atom stereocenters. The van der Waals surface area contributed by atoms with Crippen LogP contribution in [0.5, 0.6) is 0 Å². The minimum absolute atomic E-state index is 0.0225. The predicted octanol–water partition coefficient (Wildman–Crippen LogP) is 19.5. The molecule has 0 aliphatic rings. The van der Waals surface area contributed by atoms with Crippen molar-refractivity contribution in [2.24, 2.45) is 0 Å². The number of unbranched alkanes of at least 4 members (excludes halogenated alkanes) is 12. The van der Waals surface area contributed by atoms with Crippen molar-refractivity contribution in [3.63, 3.8) is 0 Å². The van der Waals surface area contributed by atoms with Crippen LogP contribution in [0.15, 0.2) is 158 Å². The summed E-state index contributed by atoms with van der Waals surface area (Å²) in [7, 11) is 0. The zero-order valence-corrected chi connectivity index (χ0v) is 45.0. The van der Waals surface area contributed by atoms with Gasteiger partial charge in [0.1, 0.15) is 6.61 Å². The van der Waals surface area contributed by atoms with Gasteiger partial charge in [0.25, 0.3) is 0 Å². The van der Waals surface area contributed by atoms with Crippen LogP contribution in [0.2, 0.25) is 0 Å². The van der Waals surface area contributed by atoms with Gasteiger partial charge >= 0.3 is 11.9 Å². The van der Waals surface area contributed by atoms with Crippen molar-refractivity contribution in [2.75, 3.05) is 19.8 Å². The van der Waals surface area contributed by atoms with Gasteiger partial charge in [0, 0.05) is 19.4 Å². The molecule has 392 valence electrons. The third-order valence-corrected chi connectivity index (χ3v) is 11.1. The molecule has 0 rings (SSSR count). The molecule has 5 heteroatoms. The zero-order chi connectivity index (χ0) is 50.6. The Kier molecular flexibility index (Phi) is 55.1. The fourth-order valence-corrected chi connectivity index (χ4v) is 7.01. The highest BCUT2D eigenvalue weighted by atomic mass is 16.6. The molecular weight excluding hydrogens is 861 g/mol. The molecule has 1 unspecified atom stereocenters. The maximum Gasteiger partial charge on any atom is 0.306 e. The first-order chi connectivity index (χ1) is 34.6. The number of allylic oxidation sites excluding steroid dienone is 26. The average Bonchev–Trinajstić information content (AvgIpc) is 3.36.